The number of unbranched alkanes of at least 4 members (excludes halogenated alkanes) is 1. The molecule has 35 heavy (non-hydrogen) atoms. The molecule has 2 fully saturated rings. The van der Waals surface area contributed by atoms with Crippen molar-refractivity contribution in [3.63, 3.8) is 0 Å². The second-order valence-corrected chi connectivity index (χ2v) is 12.8. The predicted octanol–water partition coefficient (Wildman–Crippen LogP) is 3.75. The minimum absolute atomic E-state index is 0.0352. The Morgan fingerprint density at radius 2 is 1.97 bits per heavy atom. The first-order chi connectivity index (χ1) is 16.6. The van der Waals surface area contributed by atoms with Crippen LogP contribution in [0.25, 0.3) is 0 Å². The van der Waals surface area contributed by atoms with Gasteiger partial charge in [-0.25, -0.2) is 8.42 Å². The summed E-state index contributed by atoms with van der Waals surface area (Å²) in [7, 11) is -4.01. The molecule has 0 bridgehead atoms. The van der Waals surface area contributed by atoms with Gasteiger partial charge in [0, 0.05) is 30.1 Å². The number of sulfonamides is 1. The van der Waals surface area contributed by atoms with Gasteiger partial charge in [-0.05, 0) is 70.7 Å². The fraction of sp³-hybridized carbons (Fsp3) is 0.640. The maximum atomic E-state index is 13.4. The molecule has 0 aliphatic carbocycles. The monoisotopic (exact) mass is 525 g/mol. The molecule has 8 nitrogen and oxygen atoms in total. The van der Waals surface area contributed by atoms with Crippen molar-refractivity contribution in [1.82, 2.24) is 4.31 Å². The summed E-state index contributed by atoms with van der Waals surface area (Å²) in [6.45, 7) is 6.72. The number of carbonyl (C=O) groups is 1. The van der Waals surface area contributed by atoms with E-state index in [1.807, 2.05) is 0 Å². The smallest absolute Gasteiger partial charge is 0.326 e. The van der Waals surface area contributed by atoms with E-state index in [4.69, 9.17) is 14.2 Å². The van der Waals surface area contributed by atoms with Crippen LogP contribution in [-0.4, -0.2) is 72.5 Å². The van der Waals surface area contributed by atoms with Gasteiger partial charge < -0.3 is 19.3 Å². The Morgan fingerprint density at radius 1 is 1.23 bits per heavy atom. The van der Waals surface area contributed by atoms with E-state index in [0.29, 0.717) is 24.5 Å². The summed E-state index contributed by atoms with van der Waals surface area (Å²) >= 11 is 1.46. The average Bonchev–Trinajstić information content (AvgIpc) is 2.83. The normalized spacial score (nSPS) is 24.8. The number of rotatable bonds is 9. The van der Waals surface area contributed by atoms with E-state index in [1.165, 1.54) is 30.8 Å². The van der Waals surface area contributed by atoms with E-state index < -0.39 is 26.3 Å². The molecule has 1 aromatic carbocycles. The highest BCUT2D eigenvalue weighted by Gasteiger charge is 2.58. The average molecular weight is 526 g/mol. The first-order valence-corrected chi connectivity index (χ1v) is 14.3. The SMILES string of the molecule is CC1(C)SCCN(S(=O)(=O)c2ccc(OCC#CCCCOC3CCCCO3)cc2)C1(C)C(=O)O. The lowest BCUT2D eigenvalue weighted by Gasteiger charge is -2.50. The number of hydrogen-bond acceptors (Lipinski definition) is 7. The molecule has 0 amide bonds. The van der Waals surface area contributed by atoms with Gasteiger partial charge in [-0.1, -0.05) is 11.8 Å². The molecule has 2 heterocycles. The molecule has 194 valence electrons. The maximum absolute atomic E-state index is 13.4. The molecule has 1 N–H and O–H groups in total. The largest absolute Gasteiger partial charge is 0.481 e. The summed E-state index contributed by atoms with van der Waals surface area (Å²) in [5, 5.41) is 9.94. The minimum Gasteiger partial charge on any atom is -0.481 e. The fourth-order valence-electron chi connectivity index (χ4n) is 4.08. The van der Waals surface area contributed by atoms with E-state index in [0.717, 1.165) is 36.6 Å². The molecular formula is C25H35NO7S2. The Hall–Kier alpha value is -1.77. The van der Waals surface area contributed by atoms with Gasteiger partial charge in [0.15, 0.2) is 6.29 Å². The van der Waals surface area contributed by atoms with E-state index in [2.05, 4.69) is 11.8 Å². The zero-order valence-corrected chi connectivity index (χ0v) is 22.3. The Labute approximate surface area is 212 Å². The van der Waals surface area contributed by atoms with Crippen LogP contribution < -0.4 is 4.74 Å². The van der Waals surface area contributed by atoms with Gasteiger partial charge in [0.25, 0.3) is 0 Å². The highest BCUT2D eigenvalue weighted by molar-refractivity contribution is 8.01. The number of ether oxygens (including phenoxy) is 3. The standard InChI is InChI=1S/C25H35NO7S2/c1-24(2)25(3,23(27)28)26(15-19-34-24)35(29,30)21-13-11-20(12-14-21)31-16-7-4-5-8-17-32-22-10-6-9-18-33-22/h11-14,22H,5-6,8-10,15-19H2,1-3H3,(H,27,28). The van der Waals surface area contributed by atoms with Crippen molar-refractivity contribution in [2.45, 2.75) is 74.3 Å². The number of nitrogens with zero attached hydrogens (tertiary/aromatic N) is 1. The molecule has 2 atom stereocenters. The zero-order valence-electron chi connectivity index (χ0n) is 20.6. The third-order valence-electron chi connectivity index (χ3n) is 6.58. The minimum atomic E-state index is -4.01. The summed E-state index contributed by atoms with van der Waals surface area (Å²) < 4.78 is 43.8. The summed E-state index contributed by atoms with van der Waals surface area (Å²) in [6.07, 6.45) is 4.63. The number of aliphatic carboxylic acids is 1. The van der Waals surface area contributed by atoms with Crippen molar-refractivity contribution in [2.24, 2.45) is 0 Å². The molecule has 2 aliphatic heterocycles. The lowest BCUT2D eigenvalue weighted by molar-refractivity contribution is -0.162. The maximum Gasteiger partial charge on any atom is 0.326 e. The zero-order chi connectivity index (χ0) is 25.5. The summed E-state index contributed by atoms with van der Waals surface area (Å²) in [6, 6.07) is 6.02. The third-order valence-corrected chi connectivity index (χ3v) is 10.1. The van der Waals surface area contributed by atoms with Crippen molar-refractivity contribution >= 4 is 27.8 Å². The van der Waals surface area contributed by atoms with Crippen molar-refractivity contribution in [1.29, 1.82) is 0 Å². The molecule has 0 radical (unpaired) electrons. The highest BCUT2D eigenvalue weighted by Crippen LogP contribution is 2.45. The lowest BCUT2D eigenvalue weighted by Crippen LogP contribution is -2.67. The van der Waals surface area contributed by atoms with Gasteiger partial charge in [0.05, 0.1) is 11.5 Å². The van der Waals surface area contributed by atoms with Crippen LogP contribution >= 0.6 is 11.8 Å². The van der Waals surface area contributed by atoms with Crippen LogP contribution in [0, 0.1) is 11.8 Å². The summed E-state index contributed by atoms with van der Waals surface area (Å²) in [5.74, 6) is 5.85. The van der Waals surface area contributed by atoms with Gasteiger partial charge in [-0.15, -0.1) is 0 Å². The van der Waals surface area contributed by atoms with E-state index in [9.17, 15) is 18.3 Å². The van der Waals surface area contributed by atoms with Gasteiger partial charge >= 0.3 is 5.97 Å². The molecule has 0 spiro atoms. The topological polar surface area (TPSA) is 102 Å². The molecule has 2 aliphatic rings. The molecular weight excluding hydrogens is 490 g/mol. The van der Waals surface area contributed by atoms with Gasteiger partial charge in [0.2, 0.25) is 10.0 Å². The highest BCUT2D eigenvalue weighted by atomic mass is 32.2. The molecule has 10 heteroatoms. The van der Waals surface area contributed by atoms with Gasteiger partial charge in [0.1, 0.15) is 17.9 Å². The number of carboxylic acid groups (broad SMARTS) is 1. The van der Waals surface area contributed by atoms with Crippen LogP contribution in [0.15, 0.2) is 29.2 Å². The first kappa shape index (κ1) is 27.8. The van der Waals surface area contributed by atoms with Crippen LogP contribution in [0.4, 0.5) is 0 Å². The van der Waals surface area contributed by atoms with Crippen molar-refractivity contribution in [3.05, 3.63) is 24.3 Å². The second-order valence-electron chi connectivity index (χ2n) is 9.20. The molecule has 0 saturated carbocycles. The van der Waals surface area contributed by atoms with Crippen LogP contribution in [0.1, 0.15) is 52.9 Å². The molecule has 2 unspecified atom stereocenters. The van der Waals surface area contributed by atoms with Crippen molar-refractivity contribution < 1.29 is 32.5 Å². The predicted molar refractivity (Wildman–Crippen MR) is 135 cm³/mol. The first-order valence-electron chi connectivity index (χ1n) is 11.9. The van der Waals surface area contributed by atoms with Crippen LogP contribution in [0.5, 0.6) is 5.75 Å². The Balaban J connectivity index is 1.51. The van der Waals surface area contributed by atoms with Crippen LogP contribution in [0.3, 0.4) is 0 Å². The van der Waals surface area contributed by atoms with Crippen molar-refractivity contribution in [3.8, 4) is 17.6 Å². The Bertz CT molecular complexity index is 1020. The number of carboxylic acids is 1. The van der Waals surface area contributed by atoms with Gasteiger partial charge in [-0.2, -0.15) is 16.1 Å². The fourth-order valence-corrected chi connectivity index (χ4v) is 7.37. The molecule has 2 saturated heterocycles. The van der Waals surface area contributed by atoms with Crippen LogP contribution in [0.2, 0.25) is 0 Å². The number of thioether (sulfide) groups is 1. The number of hydrogen-bond donors (Lipinski definition) is 1. The summed E-state index contributed by atoms with van der Waals surface area (Å²) in [4.78, 5) is 12.2. The van der Waals surface area contributed by atoms with Crippen molar-refractivity contribution in [2.75, 3.05) is 32.1 Å². The van der Waals surface area contributed by atoms with E-state index in [1.54, 1.807) is 26.0 Å². The lowest BCUT2D eigenvalue weighted by atomic mass is 9.87. The van der Waals surface area contributed by atoms with Gasteiger partial charge in [-0.3, -0.25) is 4.79 Å². The van der Waals surface area contributed by atoms with Crippen LogP contribution in [-0.2, 0) is 24.3 Å². The molecule has 0 aromatic heterocycles. The molecule has 1 aromatic rings. The quantitative estimate of drug-likeness (QED) is 0.384. The Morgan fingerprint density at radius 3 is 2.63 bits per heavy atom. The Kier molecular flexibility index (Phi) is 9.52. The van der Waals surface area contributed by atoms with E-state index >= 15 is 0 Å². The second kappa shape index (κ2) is 12.0. The van der Waals surface area contributed by atoms with E-state index in [-0.39, 0.29) is 24.3 Å². The third kappa shape index (κ3) is 6.52. The molecule has 3 rings (SSSR count). The summed E-state index contributed by atoms with van der Waals surface area (Å²) in [5.41, 5.74) is -1.58. The number of benzene rings is 1.